The molecule has 1 unspecified atom stereocenters. The van der Waals surface area contributed by atoms with Crippen molar-refractivity contribution in [2.75, 3.05) is 7.11 Å². The summed E-state index contributed by atoms with van der Waals surface area (Å²) in [4.78, 5) is 10.8. The Morgan fingerprint density at radius 3 is 2.53 bits per heavy atom. The number of phenols is 1. The Hall–Kier alpha value is -1.71. The number of carboxylic acid groups (broad SMARTS) is 1. The summed E-state index contributed by atoms with van der Waals surface area (Å²) in [6.07, 6.45) is 0. The molecule has 0 aliphatic heterocycles. The molecular formula is C11H14O4. The molecule has 1 aromatic carbocycles. The number of phenolic OH excluding ortho intramolecular Hbond substituents is 1. The molecule has 0 fully saturated rings. The molecule has 0 heterocycles. The molecule has 15 heavy (non-hydrogen) atoms. The number of aliphatic carboxylic acids is 1. The molecule has 0 spiro atoms. The minimum absolute atomic E-state index is 0.0532. The van der Waals surface area contributed by atoms with Gasteiger partial charge in [0.25, 0.3) is 0 Å². The normalized spacial score (nSPS) is 12.2. The van der Waals surface area contributed by atoms with Crippen LogP contribution in [-0.4, -0.2) is 23.3 Å². The molecule has 1 atom stereocenters. The maximum absolute atomic E-state index is 10.8. The number of methoxy groups -OCH3 is 1. The van der Waals surface area contributed by atoms with Crippen LogP contribution in [-0.2, 0) is 4.79 Å². The maximum Gasteiger partial charge on any atom is 0.310 e. The molecule has 0 saturated carbocycles. The highest BCUT2D eigenvalue weighted by atomic mass is 16.5. The van der Waals surface area contributed by atoms with Gasteiger partial charge in [-0.2, -0.15) is 0 Å². The molecule has 0 radical (unpaired) electrons. The predicted molar refractivity (Wildman–Crippen MR) is 55.4 cm³/mol. The van der Waals surface area contributed by atoms with Crippen LogP contribution in [0.5, 0.6) is 11.5 Å². The van der Waals surface area contributed by atoms with Crippen molar-refractivity contribution in [3.63, 3.8) is 0 Å². The summed E-state index contributed by atoms with van der Waals surface area (Å²) in [5.74, 6) is -1.04. The van der Waals surface area contributed by atoms with Crippen molar-refractivity contribution < 1.29 is 19.7 Å². The molecule has 0 amide bonds. The molecule has 0 aliphatic carbocycles. The van der Waals surface area contributed by atoms with Crippen molar-refractivity contribution in [2.24, 2.45) is 0 Å². The van der Waals surface area contributed by atoms with Crippen molar-refractivity contribution in [3.05, 3.63) is 23.3 Å². The van der Waals surface area contributed by atoms with Gasteiger partial charge in [-0.25, -0.2) is 0 Å². The SMILES string of the molecule is COc1cc(C(C)C(=O)O)cc(O)c1C. The van der Waals surface area contributed by atoms with Crippen LogP contribution in [0, 0.1) is 6.92 Å². The van der Waals surface area contributed by atoms with Gasteiger partial charge in [-0.3, -0.25) is 4.79 Å². The second-order valence-electron chi connectivity index (χ2n) is 3.43. The van der Waals surface area contributed by atoms with Crippen molar-refractivity contribution >= 4 is 5.97 Å². The number of ether oxygens (including phenoxy) is 1. The lowest BCUT2D eigenvalue weighted by Gasteiger charge is -2.12. The number of carbonyl (C=O) groups is 1. The summed E-state index contributed by atoms with van der Waals surface area (Å²) in [5, 5.41) is 18.4. The van der Waals surface area contributed by atoms with Crippen LogP contribution >= 0.6 is 0 Å². The lowest BCUT2D eigenvalue weighted by Crippen LogP contribution is -2.07. The molecule has 4 heteroatoms. The van der Waals surface area contributed by atoms with E-state index in [-0.39, 0.29) is 5.75 Å². The monoisotopic (exact) mass is 210 g/mol. The minimum atomic E-state index is -0.930. The van der Waals surface area contributed by atoms with Gasteiger partial charge in [-0.15, -0.1) is 0 Å². The Bertz CT molecular complexity index is 384. The van der Waals surface area contributed by atoms with Crippen LogP contribution < -0.4 is 4.74 Å². The molecule has 0 bridgehead atoms. The highest BCUT2D eigenvalue weighted by Gasteiger charge is 2.17. The summed E-state index contributed by atoms with van der Waals surface area (Å²) in [6.45, 7) is 3.27. The smallest absolute Gasteiger partial charge is 0.310 e. The van der Waals surface area contributed by atoms with E-state index in [4.69, 9.17) is 9.84 Å². The van der Waals surface area contributed by atoms with Gasteiger partial charge < -0.3 is 14.9 Å². The van der Waals surface area contributed by atoms with Crippen molar-refractivity contribution in [1.29, 1.82) is 0 Å². The number of benzene rings is 1. The van der Waals surface area contributed by atoms with Gasteiger partial charge in [-0.1, -0.05) is 0 Å². The first kappa shape index (κ1) is 11.4. The van der Waals surface area contributed by atoms with Gasteiger partial charge in [0.15, 0.2) is 0 Å². The zero-order valence-corrected chi connectivity index (χ0v) is 8.94. The molecule has 1 aromatic rings. The van der Waals surface area contributed by atoms with Gasteiger partial charge in [0.2, 0.25) is 0 Å². The van der Waals surface area contributed by atoms with Gasteiger partial charge >= 0.3 is 5.97 Å². The van der Waals surface area contributed by atoms with Crippen molar-refractivity contribution in [1.82, 2.24) is 0 Å². The Labute approximate surface area is 88.1 Å². The predicted octanol–water partition coefficient (Wildman–Crippen LogP) is 1.90. The average Bonchev–Trinajstić information content (AvgIpc) is 2.20. The summed E-state index contributed by atoms with van der Waals surface area (Å²) >= 11 is 0. The largest absolute Gasteiger partial charge is 0.508 e. The fraction of sp³-hybridized carbons (Fsp3) is 0.364. The summed E-state index contributed by atoms with van der Waals surface area (Å²) in [7, 11) is 1.48. The first-order chi connectivity index (χ1) is 6.97. The van der Waals surface area contributed by atoms with E-state index in [9.17, 15) is 9.90 Å². The fourth-order valence-electron chi connectivity index (χ4n) is 1.30. The van der Waals surface area contributed by atoms with Crippen LogP contribution in [0.4, 0.5) is 0 Å². The van der Waals surface area contributed by atoms with E-state index in [0.717, 1.165) is 0 Å². The second-order valence-corrected chi connectivity index (χ2v) is 3.43. The van der Waals surface area contributed by atoms with Gasteiger partial charge in [0.05, 0.1) is 13.0 Å². The second kappa shape index (κ2) is 4.21. The highest BCUT2D eigenvalue weighted by Crippen LogP contribution is 2.31. The first-order valence-electron chi connectivity index (χ1n) is 4.57. The molecule has 0 aliphatic rings. The molecular weight excluding hydrogens is 196 g/mol. The minimum Gasteiger partial charge on any atom is -0.508 e. The summed E-state index contributed by atoms with van der Waals surface area (Å²) in [5.41, 5.74) is 1.14. The number of hydrogen-bond donors (Lipinski definition) is 2. The molecule has 82 valence electrons. The van der Waals surface area contributed by atoms with Gasteiger partial charge in [-0.05, 0) is 31.5 Å². The van der Waals surface area contributed by atoms with Crippen LogP contribution in [0.2, 0.25) is 0 Å². The topological polar surface area (TPSA) is 66.8 Å². The van der Waals surface area contributed by atoms with Crippen LogP contribution in [0.1, 0.15) is 24.0 Å². The first-order valence-corrected chi connectivity index (χ1v) is 4.57. The lowest BCUT2D eigenvalue weighted by atomic mass is 9.99. The van der Waals surface area contributed by atoms with Crippen LogP contribution in [0.3, 0.4) is 0 Å². The molecule has 1 rings (SSSR count). The van der Waals surface area contributed by atoms with E-state index in [1.165, 1.54) is 13.2 Å². The Kier molecular flexibility index (Phi) is 3.19. The molecule has 0 saturated heterocycles. The molecule has 0 aromatic heterocycles. The third-order valence-electron chi connectivity index (χ3n) is 2.45. The number of hydrogen-bond acceptors (Lipinski definition) is 3. The van der Waals surface area contributed by atoms with E-state index < -0.39 is 11.9 Å². The Morgan fingerprint density at radius 2 is 2.07 bits per heavy atom. The van der Waals surface area contributed by atoms with Crippen LogP contribution in [0.25, 0.3) is 0 Å². The average molecular weight is 210 g/mol. The van der Waals surface area contributed by atoms with Crippen LogP contribution in [0.15, 0.2) is 12.1 Å². The summed E-state index contributed by atoms with van der Waals surface area (Å²) in [6, 6.07) is 3.09. The highest BCUT2D eigenvalue weighted by molar-refractivity contribution is 5.76. The van der Waals surface area contributed by atoms with E-state index in [1.807, 2.05) is 0 Å². The van der Waals surface area contributed by atoms with Gasteiger partial charge in [0, 0.05) is 5.56 Å². The molecule has 2 N–H and O–H groups in total. The number of aromatic hydroxyl groups is 1. The number of rotatable bonds is 3. The third-order valence-corrected chi connectivity index (χ3v) is 2.45. The summed E-state index contributed by atoms with van der Waals surface area (Å²) < 4.78 is 5.04. The standard InChI is InChI=1S/C11H14O4/c1-6(11(13)14)8-4-9(12)7(2)10(5-8)15-3/h4-6,12H,1-3H3,(H,13,14). The zero-order valence-electron chi connectivity index (χ0n) is 8.94. The molecule has 4 nitrogen and oxygen atoms in total. The van der Waals surface area contributed by atoms with E-state index >= 15 is 0 Å². The van der Waals surface area contributed by atoms with E-state index in [1.54, 1.807) is 19.9 Å². The van der Waals surface area contributed by atoms with Gasteiger partial charge in [0.1, 0.15) is 11.5 Å². The number of carboxylic acids is 1. The zero-order chi connectivity index (χ0) is 11.6. The maximum atomic E-state index is 10.8. The Morgan fingerprint density at radius 1 is 1.47 bits per heavy atom. The quantitative estimate of drug-likeness (QED) is 0.799. The van der Waals surface area contributed by atoms with Crippen molar-refractivity contribution in [3.8, 4) is 11.5 Å². The van der Waals surface area contributed by atoms with Crippen molar-refractivity contribution in [2.45, 2.75) is 19.8 Å². The third kappa shape index (κ3) is 2.21. The Balaban J connectivity index is 3.22. The lowest BCUT2D eigenvalue weighted by molar-refractivity contribution is -0.138. The van der Waals surface area contributed by atoms with E-state index in [0.29, 0.717) is 16.9 Å². The van der Waals surface area contributed by atoms with E-state index in [2.05, 4.69) is 0 Å². The fourth-order valence-corrected chi connectivity index (χ4v) is 1.30.